The summed E-state index contributed by atoms with van der Waals surface area (Å²) in [5.74, 6) is -0.389. The molecule has 0 saturated carbocycles. The van der Waals surface area contributed by atoms with E-state index in [0.717, 1.165) is 0 Å². The average molecular weight is 306 g/mol. The second-order valence-electron chi connectivity index (χ2n) is 6.09. The van der Waals surface area contributed by atoms with Crippen LogP contribution < -0.4 is 5.32 Å². The van der Waals surface area contributed by atoms with Gasteiger partial charge in [0.05, 0.1) is 5.60 Å². The molecule has 0 aliphatic heterocycles. The molecule has 0 fully saturated rings. The Bertz CT molecular complexity index is 538. The summed E-state index contributed by atoms with van der Waals surface area (Å²) in [5, 5.41) is 12.9. The standard InChI is InChI=1S/C17H26N2O3/c1-6-19(5)16(21)14-9-7-8-13(10-14)15(20)18-11-17(4,22)12(2)3/h7-10,12,22H,6,11H2,1-5H3,(H,18,20). The van der Waals surface area contributed by atoms with Crippen molar-refractivity contribution in [3.63, 3.8) is 0 Å². The van der Waals surface area contributed by atoms with E-state index in [9.17, 15) is 14.7 Å². The monoisotopic (exact) mass is 306 g/mol. The average Bonchev–Trinajstić information content (AvgIpc) is 2.51. The Labute approximate surface area is 132 Å². The van der Waals surface area contributed by atoms with Crippen LogP contribution in [0.1, 0.15) is 48.4 Å². The van der Waals surface area contributed by atoms with E-state index < -0.39 is 5.60 Å². The van der Waals surface area contributed by atoms with Crippen LogP contribution in [0.5, 0.6) is 0 Å². The zero-order chi connectivity index (χ0) is 16.9. The van der Waals surface area contributed by atoms with Crippen LogP contribution in [0.15, 0.2) is 24.3 Å². The molecule has 1 rings (SSSR count). The minimum Gasteiger partial charge on any atom is -0.388 e. The maximum atomic E-state index is 12.2. The molecule has 2 amide bonds. The normalized spacial score (nSPS) is 13.6. The van der Waals surface area contributed by atoms with Crippen LogP contribution in [0.2, 0.25) is 0 Å². The van der Waals surface area contributed by atoms with Crippen LogP contribution in [0, 0.1) is 5.92 Å². The lowest BCUT2D eigenvalue weighted by molar-refractivity contribution is 0.0142. The molecule has 1 unspecified atom stereocenters. The molecule has 22 heavy (non-hydrogen) atoms. The molecular weight excluding hydrogens is 280 g/mol. The van der Waals surface area contributed by atoms with Crippen molar-refractivity contribution >= 4 is 11.8 Å². The van der Waals surface area contributed by atoms with E-state index >= 15 is 0 Å². The van der Waals surface area contributed by atoms with Gasteiger partial charge in [-0.1, -0.05) is 19.9 Å². The Balaban J connectivity index is 2.81. The Kier molecular flexibility index (Phi) is 6.11. The first-order chi connectivity index (χ1) is 10.2. The van der Waals surface area contributed by atoms with Crippen LogP contribution in [-0.4, -0.2) is 47.6 Å². The molecule has 0 aliphatic rings. The summed E-state index contributed by atoms with van der Waals surface area (Å²) in [4.78, 5) is 25.9. The summed E-state index contributed by atoms with van der Waals surface area (Å²) in [6.07, 6.45) is 0. The van der Waals surface area contributed by atoms with Gasteiger partial charge in [0.2, 0.25) is 0 Å². The van der Waals surface area contributed by atoms with Gasteiger partial charge >= 0.3 is 0 Å². The van der Waals surface area contributed by atoms with Gasteiger partial charge in [-0.15, -0.1) is 0 Å². The van der Waals surface area contributed by atoms with Crippen molar-refractivity contribution in [2.75, 3.05) is 20.1 Å². The number of carbonyl (C=O) groups is 2. The molecule has 5 heteroatoms. The molecule has 0 spiro atoms. The lowest BCUT2D eigenvalue weighted by atomic mass is 9.92. The fourth-order valence-corrected chi connectivity index (χ4v) is 1.72. The molecule has 0 heterocycles. The maximum absolute atomic E-state index is 12.2. The summed E-state index contributed by atoms with van der Waals surface area (Å²) < 4.78 is 0. The molecule has 122 valence electrons. The van der Waals surface area contributed by atoms with Crippen molar-refractivity contribution in [3.8, 4) is 0 Å². The van der Waals surface area contributed by atoms with Gasteiger partial charge in [0.15, 0.2) is 0 Å². The van der Waals surface area contributed by atoms with Gasteiger partial charge in [-0.2, -0.15) is 0 Å². The van der Waals surface area contributed by atoms with Crippen LogP contribution in [0.3, 0.4) is 0 Å². The van der Waals surface area contributed by atoms with E-state index in [0.29, 0.717) is 17.7 Å². The Morgan fingerprint density at radius 1 is 1.32 bits per heavy atom. The van der Waals surface area contributed by atoms with Gasteiger partial charge in [-0.3, -0.25) is 9.59 Å². The molecule has 1 aromatic carbocycles. The van der Waals surface area contributed by atoms with E-state index in [4.69, 9.17) is 0 Å². The summed E-state index contributed by atoms with van der Waals surface area (Å²) in [6.45, 7) is 8.14. The molecule has 0 aliphatic carbocycles. The van der Waals surface area contributed by atoms with Gasteiger partial charge in [0.25, 0.3) is 11.8 Å². The minimum atomic E-state index is -0.967. The lowest BCUT2D eigenvalue weighted by Gasteiger charge is -2.27. The van der Waals surface area contributed by atoms with Crippen LogP contribution in [-0.2, 0) is 0 Å². The highest BCUT2D eigenvalue weighted by molar-refractivity contribution is 5.99. The first-order valence-corrected chi connectivity index (χ1v) is 7.55. The second kappa shape index (κ2) is 7.40. The van der Waals surface area contributed by atoms with Gasteiger partial charge in [-0.05, 0) is 38.0 Å². The highest BCUT2D eigenvalue weighted by Gasteiger charge is 2.25. The van der Waals surface area contributed by atoms with Crippen molar-refractivity contribution in [3.05, 3.63) is 35.4 Å². The van der Waals surface area contributed by atoms with E-state index in [1.54, 1.807) is 43.1 Å². The second-order valence-corrected chi connectivity index (χ2v) is 6.09. The zero-order valence-corrected chi connectivity index (χ0v) is 14.0. The third kappa shape index (κ3) is 4.56. The maximum Gasteiger partial charge on any atom is 0.253 e. The minimum absolute atomic E-state index is 0.0268. The first kappa shape index (κ1) is 18.2. The largest absolute Gasteiger partial charge is 0.388 e. The molecule has 0 bridgehead atoms. The molecule has 0 saturated heterocycles. The number of hydrogen-bond donors (Lipinski definition) is 2. The van der Waals surface area contributed by atoms with E-state index in [1.807, 2.05) is 20.8 Å². The van der Waals surface area contributed by atoms with Gasteiger partial charge in [-0.25, -0.2) is 0 Å². The van der Waals surface area contributed by atoms with E-state index in [2.05, 4.69) is 5.32 Å². The topological polar surface area (TPSA) is 69.6 Å². The van der Waals surface area contributed by atoms with Gasteiger partial charge in [0.1, 0.15) is 0 Å². The van der Waals surface area contributed by atoms with Crippen LogP contribution in [0.25, 0.3) is 0 Å². The zero-order valence-electron chi connectivity index (χ0n) is 14.0. The molecule has 1 atom stereocenters. The number of aliphatic hydroxyl groups is 1. The van der Waals surface area contributed by atoms with Crippen molar-refractivity contribution in [1.29, 1.82) is 0 Å². The fraction of sp³-hybridized carbons (Fsp3) is 0.529. The van der Waals surface area contributed by atoms with Crippen LogP contribution in [0.4, 0.5) is 0 Å². The number of amides is 2. The Morgan fingerprint density at radius 3 is 2.45 bits per heavy atom. The van der Waals surface area contributed by atoms with Gasteiger partial charge in [0, 0.05) is 31.3 Å². The molecule has 0 radical (unpaired) electrons. The van der Waals surface area contributed by atoms with Crippen molar-refractivity contribution in [2.45, 2.75) is 33.3 Å². The van der Waals surface area contributed by atoms with Crippen LogP contribution >= 0.6 is 0 Å². The summed E-state index contributed by atoms with van der Waals surface area (Å²) in [5.41, 5.74) is -0.0755. The number of nitrogens with one attached hydrogen (secondary N) is 1. The smallest absolute Gasteiger partial charge is 0.253 e. The molecule has 1 aromatic rings. The fourth-order valence-electron chi connectivity index (χ4n) is 1.72. The summed E-state index contributed by atoms with van der Waals surface area (Å²) in [6, 6.07) is 6.61. The predicted octanol–water partition coefficient (Wildman–Crippen LogP) is 1.92. The predicted molar refractivity (Wildman–Crippen MR) is 86.9 cm³/mol. The van der Waals surface area contributed by atoms with Crippen molar-refractivity contribution in [1.82, 2.24) is 10.2 Å². The highest BCUT2D eigenvalue weighted by Crippen LogP contribution is 2.15. The van der Waals surface area contributed by atoms with E-state index in [-0.39, 0.29) is 24.3 Å². The summed E-state index contributed by atoms with van der Waals surface area (Å²) in [7, 11) is 1.72. The number of carbonyl (C=O) groups excluding carboxylic acids is 2. The third-order valence-corrected chi connectivity index (χ3v) is 4.04. The van der Waals surface area contributed by atoms with Crippen molar-refractivity contribution < 1.29 is 14.7 Å². The SMILES string of the molecule is CCN(C)C(=O)c1cccc(C(=O)NCC(C)(O)C(C)C)c1. The molecule has 5 nitrogen and oxygen atoms in total. The third-order valence-electron chi connectivity index (χ3n) is 4.04. The highest BCUT2D eigenvalue weighted by atomic mass is 16.3. The molecular formula is C17H26N2O3. The number of hydrogen-bond acceptors (Lipinski definition) is 3. The first-order valence-electron chi connectivity index (χ1n) is 7.55. The number of rotatable bonds is 6. The Hall–Kier alpha value is -1.88. The number of benzene rings is 1. The molecule has 0 aromatic heterocycles. The summed E-state index contributed by atoms with van der Waals surface area (Å²) >= 11 is 0. The lowest BCUT2D eigenvalue weighted by Crippen LogP contribution is -2.44. The molecule has 2 N–H and O–H groups in total. The van der Waals surface area contributed by atoms with Gasteiger partial charge < -0.3 is 15.3 Å². The van der Waals surface area contributed by atoms with E-state index in [1.165, 1.54) is 0 Å². The number of nitrogens with zero attached hydrogens (tertiary/aromatic N) is 1. The quantitative estimate of drug-likeness (QED) is 0.843. The Morgan fingerprint density at radius 2 is 1.91 bits per heavy atom. The van der Waals surface area contributed by atoms with Crippen molar-refractivity contribution in [2.24, 2.45) is 5.92 Å².